The van der Waals surface area contributed by atoms with Gasteiger partial charge in [-0.2, -0.15) is 0 Å². The van der Waals surface area contributed by atoms with Crippen molar-refractivity contribution >= 4 is 31.9 Å². The van der Waals surface area contributed by atoms with E-state index < -0.39 is 43.4 Å². The zero-order valence-corrected chi connectivity index (χ0v) is 20.4. The molecule has 10 nitrogen and oxygen atoms in total. The smallest absolute Gasteiger partial charge is 0.322 e. The molecule has 0 unspecified atom stereocenters. The first-order valence-electron chi connectivity index (χ1n) is 9.68. The van der Waals surface area contributed by atoms with E-state index in [0.717, 1.165) is 26.8 Å². The first kappa shape index (κ1) is 28.2. The molecule has 0 aliphatic rings. The standard InChI is InChI=1S/C11H15NO4S.C10H14N2O3S/c1-12(8-10-6-4-3-5-7-10)17(14,15)9-11(13)16-2;1-12(16(14,15)8-10(11)13)7-9-5-3-2-4-6-9/h3-7H,8-9H2,1-2H3;2-6H,7-8H2,1H3,(H2,11,13). The third-order valence-electron chi connectivity index (χ3n) is 4.30. The average molecular weight is 500 g/mol. The zero-order chi connectivity index (χ0) is 25.1. The van der Waals surface area contributed by atoms with Crippen molar-refractivity contribution in [1.82, 2.24) is 8.61 Å². The zero-order valence-electron chi connectivity index (χ0n) is 18.7. The molecule has 1 amide bonds. The SMILES string of the molecule is CN(Cc1ccccc1)S(=O)(=O)CC(N)=O.COC(=O)CS(=O)(=O)N(C)Cc1ccccc1. The van der Waals surface area contributed by atoms with Gasteiger partial charge in [-0.05, 0) is 11.1 Å². The summed E-state index contributed by atoms with van der Waals surface area (Å²) in [6, 6.07) is 18.3. The van der Waals surface area contributed by atoms with Crippen LogP contribution in [0.5, 0.6) is 0 Å². The Balaban J connectivity index is 0.000000331. The van der Waals surface area contributed by atoms with Crippen molar-refractivity contribution in [3.8, 4) is 0 Å². The molecule has 12 heteroatoms. The topological polar surface area (TPSA) is 144 Å². The summed E-state index contributed by atoms with van der Waals surface area (Å²) in [5.74, 6) is -2.90. The van der Waals surface area contributed by atoms with Crippen LogP contribution in [-0.2, 0) is 47.5 Å². The van der Waals surface area contributed by atoms with Crippen molar-refractivity contribution in [1.29, 1.82) is 0 Å². The number of esters is 1. The van der Waals surface area contributed by atoms with Crippen LogP contribution < -0.4 is 5.73 Å². The molecule has 0 heterocycles. The summed E-state index contributed by atoms with van der Waals surface area (Å²) in [4.78, 5) is 21.5. The molecule has 0 aliphatic heterocycles. The number of carbonyl (C=O) groups is 2. The van der Waals surface area contributed by atoms with Gasteiger partial charge in [0.2, 0.25) is 26.0 Å². The maximum absolute atomic E-state index is 11.7. The molecule has 2 aromatic carbocycles. The summed E-state index contributed by atoms with van der Waals surface area (Å²) in [6.45, 7) is 0.469. The molecule has 0 saturated carbocycles. The lowest BCUT2D eigenvalue weighted by Crippen LogP contribution is -2.34. The number of rotatable bonds is 10. The minimum Gasteiger partial charge on any atom is -0.468 e. The lowest BCUT2D eigenvalue weighted by molar-refractivity contribution is -0.137. The Labute approximate surface area is 195 Å². The Hall–Kier alpha value is -2.80. The van der Waals surface area contributed by atoms with Gasteiger partial charge in [0.25, 0.3) is 0 Å². The van der Waals surface area contributed by atoms with Gasteiger partial charge in [-0.15, -0.1) is 0 Å². The fourth-order valence-corrected chi connectivity index (χ4v) is 4.39. The minimum absolute atomic E-state index is 0.233. The highest BCUT2D eigenvalue weighted by Crippen LogP contribution is 2.08. The van der Waals surface area contributed by atoms with Crippen LogP contribution in [0.25, 0.3) is 0 Å². The number of primary amides is 1. The van der Waals surface area contributed by atoms with E-state index in [1.54, 1.807) is 0 Å². The van der Waals surface area contributed by atoms with E-state index in [9.17, 15) is 26.4 Å². The first-order valence-corrected chi connectivity index (χ1v) is 12.9. The molecule has 0 spiro atoms. The van der Waals surface area contributed by atoms with Gasteiger partial charge in [0, 0.05) is 27.2 Å². The summed E-state index contributed by atoms with van der Waals surface area (Å²) >= 11 is 0. The van der Waals surface area contributed by atoms with Crippen molar-refractivity contribution in [3.63, 3.8) is 0 Å². The molecular formula is C21H29N3O7S2. The van der Waals surface area contributed by atoms with Gasteiger partial charge in [-0.25, -0.2) is 25.4 Å². The third-order valence-corrected chi connectivity index (χ3v) is 7.71. The molecule has 0 saturated heterocycles. The number of sulfonamides is 2. The second-order valence-corrected chi connectivity index (χ2v) is 11.2. The van der Waals surface area contributed by atoms with Crippen molar-refractivity contribution in [2.75, 3.05) is 32.7 Å². The molecule has 182 valence electrons. The van der Waals surface area contributed by atoms with E-state index >= 15 is 0 Å². The highest BCUT2D eigenvalue weighted by Gasteiger charge is 2.22. The Bertz CT molecular complexity index is 1110. The van der Waals surface area contributed by atoms with Gasteiger partial charge in [-0.3, -0.25) is 9.59 Å². The van der Waals surface area contributed by atoms with Gasteiger partial charge >= 0.3 is 5.97 Å². The second-order valence-electron chi connectivity index (χ2n) is 7.04. The third kappa shape index (κ3) is 10.6. The molecule has 2 rings (SSSR count). The first-order chi connectivity index (χ1) is 15.4. The summed E-state index contributed by atoms with van der Waals surface area (Å²) in [7, 11) is -3.19. The quantitative estimate of drug-likeness (QED) is 0.470. The summed E-state index contributed by atoms with van der Waals surface area (Å²) in [5.41, 5.74) is 6.59. The molecule has 0 aliphatic carbocycles. The molecule has 2 N–H and O–H groups in total. The fourth-order valence-electron chi connectivity index (χ4n) is 2.49. The van der Waals surface area contributed by atoms with Crippen molar-refractivity contribution in [2.24, 2.45) is 5.73 Å². The number of benzene rings is 2. The molecule has 0 atom stereocenters. The highest BCUT2D eigenvalue weighted by atomic mass is 32.2. The van der Waals surface area contributed by atoms with Crippen LogP contribution >= 0.6 is 0 Å². The van der Waals surface area contributed by atoms with Crippen LogP contribution in [0.2, 0.25) is 0 Å². The van der Waals surface area contributed by atoms with Crippen LogP contribution in [0.4, 0.5) is 0 Å². The summed E-state index contributed by atoms with van der Waals surface area (Å²) in [6.07, 6.45) is 0. The van der Waals surface area contributed by atoms with Gasteiger partial charge < -0.3 is 10.5 Å². The van der Waals surface area contributed by atoms with Crippen molar-refractivity contribution < 1.29 is 31.2 Å². The Morgan fingerprint density at radius 3 is 1.45 bits per heavy atom. The monoisotopic (exact) mass is 499 g/mol. The summed E-state index contributed by atoms with van der Waals surface area (Å²) in [5, 5.41) is 0. The van der Waals surface area contributed by atoms with E-state index in [-0.39, 0.29) is 13.1 Å². The number of amides is 1. The Morgan fingerprint density at radius 2 is 1.12 bits per heavy atom. The molecule has 0 fully saturated rings. The maximum Gasteiger partial charge on any atom is 0.322 e. The van der Waals surface area contributed by atoms with E-state index in [1.807, 2.05) is 60.7 Å². The number of ether oxygens (including phenoxy) is 1. The number of carbonyl (C=O) groups excluding carboxylic acids is 2. The number of hydrogen-bond donors (Lipinski definition) is 1. The van der Waals surface area contributed by atoms with Crippen LogP contribution in [0.15, 0.2) is 60.7 Å². The molecule has 2 aromatic rings. The van der Waals surface area contributed by atoms with Gasteiger partial charge in [0.15, 0.2) is 5.75 Å². The summed E-state index contributed by atoms with van der Waals surface area (Å²) < 4.78 is 53.2. The average Bonchev–Trinajstić information content (AvgIpc) is 2.74. The van der Waals surface area contributed by atoms with E-state index in [0.29, 0.717) is 0 Å². The number of nitrogens with zero attached hydrogens (tertiary/aromatic N) is 2. The number of hydrogen-bond acceptors (Lipinski definition) is 7. The predicted octanol–water partition coefficient (Wildman–Crippen LogP) is 0.555. The van der Waals surface area contributed by atoms with Gasteiger partial charge in [-0.1, -0.05) is 60.7 Å². The second kappa shape index (κ2) is 13.0. The molecule has 0 bridgehead atoms. The Morgan fingerprint density at radius 1 is 0.758 bits per heavy atom. The van der Waals surface area contributed by atoms with Crippen LogP contribution in [-0.4, -0.2) is 70.0 Å². The predicted molar refractivity (Wildman–Crippen MR) is 125 cm³/mol. The lowest BCUT2D eigenvalue weighted by Gasteiger charge is -2.16. The van der Waals surface area contributed by atoms with Crippen molar-refractivity contribution in [2.45, 2.75) is 13.1 Å². The molecule has 0 radical (unpaired) electrons. The number of methoxy groups -OCH3 is 1. The van der Waals surface area contributed by atoms with Crippen LogP contribution in [0.1, 0.15) is 11.1 Å². The van der Waals surface area contributed by atoms with Crippen LogP contribution in [0.3, 0.4) is 0 Å². The molecular weight excluding hydrogens is 470 g/mol. The van der Waals surface area contributed by atoms with Gasteiger partial charge in [0.05, 0.1) is 7.11 Å². The fraction of sp³-hybridized carbons (Fsp3) is 0.333. The Kier molecular flexibility index (Phi) is 11.2. The normalized spacial score (nSPS) is 11.5. The van der Waals surface area contributed by atoms with E-state index in [4.69, 9.17) is 5.73 Å². The highest BCUT2D eigenvalue weighted by molar-refractivity contribution is 7.90. The number of nitrogens with two attached hydrogens (primary N) is 1. The van der Waals surface area contributed by atoms with E-state index in [2.05, 4.69) is 4.74 Å². The molecule has 0 aromatic heterocycles. The largest absolute Gasteiger partial charge is 0.468 e. The van der Waals surface area contributed by atoms with E-state index in [1.165, 1.54) is 14.1 Å². The van der Waals surface area contributed by atoms with Crippen molar-refractivity contribution in [3.05, 3.63) is 71.8 Å². The minimum atomic E-state index is -3.61. The van der Waals surface area contributed by atoms with Gasteiger partial charge in [0.1, 0.15) is 5.75 Å². The lowest BCUT2D eigenvalue weighted by atomic mass is 10.2. The van der Waals surface area contributed by atoms with Crippen LogP contribution in [0, 0.1) is 0 Å². The molecule has 33 heavy (non-hydrogen) atoms. The maximum atomic E-state index is 11.7.